The predicted molar refractivity (Wildman–Crippen MR) is 68.0 cm³/mol. The molecular weight excluding hydrogens is 254 g/mol. The summed E-state index contributed by atoms with van der Waals surface area (Å²) in [6.07, 6.45) is 0. The van der Waals surface area contributed by atoms with Crippen LogP contribution in [0.15, 0.2) is 40.8 Å². The van der Waals surface area contributed by atoms with E-state index in [1.54, 1.807) is 18.2 Å². The zero-order chi connectivity index (χ0) is 12.7. The number of H-pyrrole nitrogens is 1. The monoisotopic (exact) mass is 261 g/mol. The minimum atomic E-state index is -1.000. The Kier molecular flexibility index (Phi) is 2.38. The number of carboxylic acid groups (broad SMARTS) is 1. The van der Waals surface area contributed by atoms with Crippen LogP contribution < -0.4 is 0 Å². The fourth-order valence-electron chi connectivity index (χ4n) is 1.80. The van der Waals surface area contributed by atoms with E-state index in [0.717, 1.165) is 5.39 Å². The third-order valence-electron chi connectivity index (χ3n) is 2.66. The van der Waals surface area contributed by atoms with Crippen LogP contribution in [0.2, 0.25) is 5.02 Å². The van der Waals surface area contributed by atoms with E-state index in [1.165, 1.54) is 6.07 Å². The Bertz CT molecular complexity index is 742. The smallest absolute Gasteiger partial charge is 0.352 e. The van der Waals surface area contributed by atoms with E-state index in [0.29, 0.717) is 22.1 Å². The van der Waals surface area contributed by atoms with E-state index < -0.39 is 5.97 Å². The molecule has 2 N–H and O–H groups in total. The van der Waals surface area contributed by atoms with Crippen molar-refractivity contribution in [3.8, 4) is 11.5 Å². The molecule has 4 nitrogen and oxygen atoms in total. The van der Waals surface area contributed by atoms with Crippen LogP contribution in [0.4, 0.5) is 0 Å². The highest BCUT2D eigenvalue weighted by atomic mass is 35.5. The first-order valence-corrected chi connectivity index (χ1v) is 5.63. The summed E-state index contributed by atoms with van der Waals surface area (Å²) in [6.45, 7) is 0. The van der Waals surface area contributed by atoms with Crippen LogP contribution in [0.25, 0.3) is 22.4 Å². The molecule has 0 aliphatic heterocycles. The maximum absolute atomic E-state index is 10.8. The second-order valence-corrected chi connectivity index (χ2v) is 4.32. The van der Waals surface area contributed by atoms with Gasteiger partial charge in [-0.05, 0) is 30.3 Å². The standard InChI is InChI=1S/C13H8ClNO3/c14-8-2-1-7-5-12(18-11(7)6-8)9-3-4-10(15-9)13(16)17/h1-6,15H,(H,16,17). The normalized spacial score (nSPS) is 10.9. The molecule has 3 rings (SSSR count). The summed E-state index contributed by atoms with van der Waals surface area (Å²) in [5.41, 5.74) is 1.42. The number of carbonyl (C=O) groups is 1. The van der Waals surface area contributed by atoms with Gasteiger partial charge in [-0.3, -0.25) is 0 Å². The highest BCUT2D eigenvalue weighted by Gasteiger charge is 2.11. The molecule has 5 heteroatoms. The van der Waals surface area contributed by atoms with E-state index in [-0.39, 0.29) is 5.69 Å². The second-order valence-electron chi connectivity index (χ2n) is 3.88. The van der Waals surface area contributed by atoms with Gasteiger partial charge in [-0.15, -0.1) is 0 Å². The summed E-state index contributed by atoms with van der Waals surface area (Å²) < 4.78 is 5.62. The van der Waals surface area contributed by atoms with Gasteiger partial charge in [0.25, 0.3) is 0 Å². The number of nitrogens with one attached hydrogen (secondary N) is 1. The van der Waals surface area contributed by atoms with Crippen molar-refractivity contribution in [1.29, 1.82) is 0 Å². The first kappa shape index (κ1) is 10.9. The van der Waals surface area contributed by atoms with Crippen molar-refractivity contribution in [2.24, 2.45) is 0 Å². The summed E-state index contributed by atoms with van der Waals surface area (Å²) in [5, 5.41) is 10.4. The molecule has 0 atom stereocenters. The topological polar surface area (TPSA) is 66.2 Å². The lowest BCUT2D eigenvalue weighted by Gasteiger charge is -1.91. The van der Waals surface area contributed by atoms with Crippen LogP contribution in [0.1, 0.15) is 10.5 Å². The number of rotatable bonds is 2. The number of halogens is 1. The van der Waals surface area contributed by atoms with Crippen molar-refractivity contribution < 1.29 is 14.3 Å². The summed E-state index contributed by atoms with van der Waals surface area (Å²) in [7, 11) is 0. The van der Waals surface area contributed by atoms with Crippen LogP contribution >= 0.6 is 11.6 Å². The lowest BCUT2D eigenvalue weighted by atomic mass is 10.2. The zero-order valence-corrected chi connectivity index (χ0v) is 9.86. The maximum atomic E-state index is 10.8. The van der Waals surface area contributed by atoms with Gasteiger partial charge in [0, 0.05) is 16.5 Å². The molecule has 2 aromatic heterocycles. The Hall–Kier alpha value is -2.20. The molecule has 0 unspecified atom stereocenters. The van der Waals surface area contributed by atoms with Crippen molar-refractivity contribution in [1.82, 2.24) is 4.98 Å². The molecule has 0 spiro atoms. The lowest BCUT2D eigenvalue weighted by molar-refractivity contribution is 0.0691. The number of furan rings is 1. The number of fused-ring (bicyclic) bond motifs is 1. The molecule has 1 aromatic carbocycles. The van der Waals surface area contributed by atoms with Crippen molar-refractivity contribution in [2.45, 2.75) is 0 Å². The minimum absolute atomic E-state index is 0.128. The molecule has 0 fully saturated rings. The summed E-state index contributed by atoms with van der Waals surface area (Å²) in [5.74, 6) is -0.417. The Morgan fingerprint density at radius 3 is 2.78 bits per heavy atom. The SMILES string of the molecule is O=C(O)c1ccc(-c2cc3ccc(Cl)cc3o2)[nH]1. The summed E-state index contributed by atoms with van der Waals surface area (Å²) in [6, 6.07) is 10.4. The van der Waals surface area contributed by atoms with Gasteiger partial charge in [-0.2, -0.15) is 0 Å². The molecule has 90 valence electrons. The van der Waals surface area contributed by atoms with E-state index in [9.17, 15) is 4.79 Å². The average molecular weight is 262 g/mol. The number of carboxylic acids is 1. The van der Waals surface area contributed by atoms with Gasteiger partial charge >= 0.3 is 5.97 Å². The van der Waals surface area contributed by atoms with E-state index in [2.05, 4.69) is 4.98 Å². The quantitative estimate of drug-likeness (QED) is 0.738. The van der Waals surface area contributed by atoms with Gasteiger partial charge in [-0.25, -0.2) is 4.79 Å². The van der Waals surface area contributed by atoms with Crippen LogP contribution in [0.5, 0.6) is 0 Å². The van der Waals surface area contributed by atoms with E-state index in [4.69, 9.17) is 21.1 Å². The van der Waals surface area contributed by atoms with E-state index in [1.807, 2.05) is 12.1 Å². The Labute approximate surface area is 107 Å². The average Bonchev–Trinajstić information content (AvgIpc) is 2.93. The third-order valence-corrected chi connectivity index (χ3v) is 2.90. The number of aromatic carboxylic acids is 1. The van der Waals surface area contributed by atoms with Gasteiger partial charge < -0.3 is 14.5 Å². The highest BCUT2D eigenvalue weighted by molar-refractivity contribution is 6.31. The lowest BCUT2D eigenvalue weighted by Crippen LogP contribution is -1.95. The summed E-state index contributed by atoms with van der Waals surface area (Å²) >= 11 is 5.87. The minimum Gasteiger partial charge on any atom is -0.477 e. The number of aromatic nitrogens is 1. The molecule has 0 aliphatic rings. The van der Waals surface area contributed by atoms with Crippen LogP contribution in [0.3, 0.4) is 0 Å². The largest absolute Gasteiger partial charge is 0.477 e. The molecule has 0 saturated carbocycles. The predicted octanol–water partition coefficient (Wildman–Crippen LogP) is 3.78. The van der Waals surface area contributed by atoms with Gasteiger partial charge in [0.2, 0.25) is 0 Å². The third kappa shape index (κ3) is 1.76. The molecule has 0 radical (unpaired) electrons. The first-order chi connectivity index (χ1) is 8.63. The second kappa shape index (κ2) is 3.92. The molecular formula is C13H8ClNO3. The first-order valence-electron chi connectivity index (χ1n) is 5.25. The van der Waals surface area contributed by atoms with Crippen molar-refractivity contribution in [3.05, 3.63) is 47.1 Å². The molecule has 0 aliphatic carbocycles. The molecule has 0 bridgehead atoms. The maximum Gasteiger partial charge on any atom is 0.352 e. The molecule has 2 heterocycles. The van der Waals surface area contributed by atoms with Crippen molar-refractivity contribution in [2.75, 3.05) is 0 Å². The fourth-order valence-corrected chi connectivity index (χ4v) is 1.96. The summed E-state index contributed by atoms with van der Waals surface area (Å²) in [4.78, 5) is 13.6. The van der Waals surface area contributed by atoms with Gasteiger partial charge in [0.1, 0.15) is 11.3 Å². The number of hydrogen-bond acceptors (Lipinski definition) is 2. The van der Waals surface area contributed by atoms with E-state index >= 15 is 0 Å². The number of aromatic amines is 1. The zero-order valence-electron chi connectivity index (χ0n) is 9.11. The van der Waals surface area contributed by atoms with Crippen molar-refractivity contribution in [3.63, 3.8) is 0 Å². The van der Waals surface area contributed by atoms with Crippen molar-refractivity contribution >= 4 is 28.5 Å². The fraction of sp³-hybridized carbons (Fsp3) is 0. The van der Waals surface area contributed by atoms with Crippen LogP contribution in [-0.4, -0.2) is 16.1 Å². The number of benzene rings is 1. The van der Waals surface area contributed by atoms with Gasteiger partial charge in [0.05, 0.1) is 5.69 Å². The Balaban J connectivity index is 2.10. The van der Waals surface area contributed by atoms with Gasteiger partial charge in [-0.1, -0.05) is 11.6 Å². The molecule has 18 heavy (non-hydrogen) atoms. The molecule has 0 saturated heterocycles. The Morgan fingerprint density at radius 1 is 1.22 bits per heavy atom. The highest BCUT2D eigenvalue weighted by Crippen LogP contribution is 2.29. The van der Waals surface area contributed by atoms with Gasteiger partial charge in [0.15, 0.2) is 5.76 Å². The number of hydrogen-bond donors (Lipinski definition) is 2. The van der Waals surface area contributed by atoms with Crippen LogP contribution in [-0.2, 0) is 0 Å². The Morgan fingerprint density at radius 2 is 2.06 bits per heavy atom. The molecule has 0 amide bonds. The molecule has 3 aromatic rings. The van der Waals surface area contributed by atoms with Crippen LogP contribution in [0, 0.1) is 0 Å².